The van der Waals surface area contributed by atoms with Gasteiger partial charge in [-0.1, -0.05) is 38.3 Å². The molecule has 0 aromatic heterocycles. The zero-order chi connectivity index (χ0) is 17.2. The van der Waals surface area contributed by atoms with Gasteiger partial charge in [0.1, 0.15) is 6.61 Å². The predicted octanol–water partition coefficient (Wildman–Crippen LogP) is 2.51. The standard InChI is InChI=1S/C18H35NO4/c1-2-3-4-5-6-7-8-9-10-11-18(22)23-17-14-19(12-15-20)13-16-21/h3-4,20-21H,2,5-17H2,1H3. The Hall–Kier alpha value is -0.910. The maximum Gasteiger partial charge on any atom is 0.305 e. The summed E-state index contributed by atoms with van der Waals surface area (Å²) >= 11 is 0. The molecule has 2 N–H and O–H groups in total. The number of rotatable bonds is 16. The van der Waals surface area contributed by atoms with E-state index in [1.165, 1.54) is 19.3 Å². The Morgan fingerprint density at radius 2 is 1.61 bits per heavy atom. The van der Waals surface area contributed by atoms with Crippen LogP contribution in [-0.4, -0.2) is 60.5 Å². The summed E-state index contributed by atoms with van der Waals surface area (Å²) in [6.45, 7) is 4.09. The molecule has 23 heavy (non-hydrogen) atoms. The molecule has 0 bridgehead atoms. The first kappa shape index (κ1) is 22.1. The van der Waals surface area contributed by atoms with Crippen LogP contribution in [0.3, 0.4) is 0 Å². The zero-order valence-electron chi connectivity index (χ0n) is 14.7. The molecule has 0 spiro atoms. The van der Waals surface area contributed by atoms with Crippen LogP contribution >= 0.6 is 0 Å². The first-order valence-corrected chi connectivity index (χ1v) is 8.99. The van der Waals surface area contributed by atoms with Gasteiger partial charge in [-0.3, -0.25) is 9.69 Å². The average molecular weight is 329 g/mol. The molecule has 0 amide bonds. The Labute approximate surface area is 141 Å². The SMILES string of the molecule is CCC=CCCCCCCCC(=O)OCCN(CCO)CCO. The molecule has 0 aromatic rings. The molecule has 5 nitrogen and oxygen atoms in total. The van der Waals surface area contributed by atoms with Crippen LogP contribution in [0.5, 0.6) is 0 Å². The number of aliphatic hydroxyl groups excluding tert-OH is 2. The van der Waals surface area contributed by atoms with Gasteiger partial charge in [-0.05, 0) is 25.7 Å². The summed E-state index contributed by atoms with van der Waals surface area (Å²) in [5.74, 6) is -0.149. The van der Waals surface area contributed by atoms with Crippen LogP contribution in [0.4, 0.5) is 0 Å². The third-order valence-electron chi connectivity index (χ3n) is 3.66. The molecule has 0 saturated heterocycles. The van der Waals surface area contributed by atoms with E-state index < -0.39 is 0 Å². The van der Waals surface area contributed by atoms with Crippen molar-refractivity contribution in [2.75, 3.05) is 39.5 Å². The van der Waals surface area contributed by atoms with Crippen molar-refractivity contribution in [2.24, 2.45) is 0 Å². The second-order valence-corrected chi connectivity index (χ2v) is 5.70. The van der Waals surface area contributed by atoms with Crippen LogP contribution in [0.1, 0.15) is 58.3 Å². The summed E-state index contributed by atoms with van der Waals surface area (Å²) in [7, 11) is 0. The fourth-order valence-corrected chi connectivity index (χ4v) is 2.33. The highest BCUT2D eigenvalue weighted by molar-refractivity contribution is 5.69. The summed E-state index contributed by atoms with van der Waals surface area (Å²) in [5.41, 5.74) is 0. The van der Waals surface area contributed by atoms with E-state index in [0.717, 1.165) is 25.7 Å². The van der Waals surface area contributed by atoms with Crippen LogP contribution in [0.15, 0.2) is 12.2 Å². The largest absolute Gasteiger partial charge is 0.464 e. The molecule has 0 unspecified atom stereocenters. The van der Waals surface area contributed by atoms with E-state index in [0.29, 0.717) is 32.7 Å². The van der Waals surface area contributed by atoms with Crippen LogP contribution in [0.25, 0.3) is 0 Å². The lowest BCUT2D eigenvalue weighted by Gasteiger charge is -2.19. The monoisotopic (exact) mass is 329 g/mol. The van der Waals surface area contributed by atoms with Crippen molar-refractivity contribution in [3.8, 4) is 0 Å². The van der Waals surface area contributed by atoms with Gasteiger partial charge in [0.15, 0.2) is 0 Å². The molecule has 0 atom stereocenters. The third-order valence-corrected chi connectivity index (χ3v) is 3.66. The van der Waals surface area contributed by atoms with Gasteiger partial charge < -0.3 is 14.9 Å². The summed E-state index contributed by atoms with van der Waals surface area (Å²) in [5, 5.41) is 17.8. The number of carbonyl (C=O) groups excluding carboxylic acids is 1. The summed E-state index contributed by atoms with van der Waals surface area (Å²) < 4.78 is 5.18. The average Bonchev–Trinajstić information content (AvgIpc) is 2.53. The van der Waals surface area contributed by atoms with Crippen molar-refractivity contribution in [2.45, 2.75) is 58.3 Å². The molecular weight excluding hydrogens is 294 g/mol. The van der Waals surface area contributed by atoms with Crippen molar-refractivity contribution in [1.29, 1.82) is 0 Å². The Balaban J connectivity index is 3.44. The van der Waals surface area contributed by atoms with E-state index in [9.17, 15) is 4.79 Å². The summed E-state index contributed by atoms with van der Waals surface area (Å²) in [4.78, 5) is 13.5. The molecule has 136 valence electrons. The second kappa shape index (κ2) is 17.4. The maximum atomic E-state index is 11.6. The van der Waals surface area contributed by atoms with E-state index in [-0.39, 0.29) is 19.2 Å². The molecule has 0 heterocycles. The molecule has 5 heteroatoms. The summed E-state index contributed by atoms with van der Waals surface area (Å²) in [6.07, 6.45) is 12.8. The van der Waals surface area contributed by atoms with Gasteiger partial charge in [0, 0.05) is 26.1 Å². The summed E-state index contributed by atoms with van der Waals surface area (Å²) in [6, 6.07) is 0. The van der Waals surface area contributed by atoms with Gasteiger partial charge in [-0.25, -0.2) is 0 Å². The number of hydrogen-bond donors (Lipinski definition) is 2. The highest BCUT2D eigenvalue weighted by atomic mass is 16.5. The fourth-order valence-electron chi connectivity index (χ4n) is 2.33. The topological polar surface area (TPSA) is 70.0 Å². The molecule has 0 fully saturated rings. The Kier molecular flexibility index (Phi) is 16.8. The highest BCUT2D eigenvalue weighted by Gasteiger charge is 2.06. The number of hydrogen-bond acceptors (Lipinski definition) is 5. The van der Waals surface area contributed by atoms with Crippen LogP contribution in [-0.2, 0) is 9.53 Å². The molecular formula is C18H35NO4. The lowest BCUT2D eigenvalue weighted by molar-refractivity contribution is -0.144. The van der Waals surface area contributed by atoms with Gasteiger partial charge >= 0.3 is 5.97 Å². The van der Waals surface area contributed by atoms with Crippen molar-refractivity contribution >= 4 is 5.97 Å². The van der Waals surface area contributed by atoms with Crippen LogP contribution in [0.2, 0.25) is 0 Å². The maximum absolute atomic E-state index is 11.6. The van der Waals surface area contributed by atoms with Gasteiger partial charge in [-0.2, -0.15) is 0 Å². The smallest absolute Gasteiger partial charge is 0.305 e. The molecule has 0 radical (unpaired) electrons. The molecule has 0 rings (SSSR count). The minimum absolute atomic E-state index is 0.0438. The van der Waals surface area contributed by atoms with E-state index in [2.05, 4.69) is 19.1 Å². The minimum atomic E-state index is -0.149. The molecule has 0 aliphatic heterocycles. The number of nitrogens with zero attached hydrogens (tertiary/aromatic N) is 1. The normalized spacial score (nSPS) is 11.5. The Morgan fingerprint density at radius 1 is 0.957 bits per heavy atom. The number of aliphatic hydroxyl groups is 2. The van der Waals surface area contributed by atoms with Crippen molar-refractivity contribution in [3.63, 3.8) is 0 Å². The quantitative estimate of drug-likeness (QED) is 0.259. The first-order valence-electron chi connectivity index (χ1n) is 8.99. The second-order valence-electron chi connectivity index (χ2n) is 5.70. The Bertz CT molecular complexity index is 289. The molecule has 0 aliphatic rings. The van der Waals surface area contributed by atoms with E-state index >= 15 is 0 Å². The lowest BCUT2D eigenvalue weighted by Crippen LogP contribution is -2.33. The van der Waals surface area contributed by atoms with E-state index in [4.69, 9.17) is 14.9 Å². The third kappa shape index (κ3) is 15.8. The zero-order valence-corrected chi connectivity index (χ0v) is 14.7. The lowest BCUT2D eigenvalue weighted by atomic mass is 10.1. The number of carbonyl (C=O) groups is 1. The number of ether oxygens (including phenoxy) is 1. The van der Waals surface area contributed by atoms with Crippen LogP contribution in [0, 0.1) is 0 Å². The minimum Gasteiger partial charge on any atom is -0.464 e. The fraction of sp³-hybridized carbons (Fsp3) is 0.833. The highest BCUT2D eigenvalue weighted by Crippen LogP contribution is 2.08. The van der Waals surface area contributed by atoms with Gasteiger partial charge in [0.2, 0.25) is 0 Å². The van der Waals surface area contributed by atoms with E-state index in [1.54, 1.807) is 0 Å². The van der Waals surface area contributed by atoms with Crippen molar-refractivity contribution in [1.82, 2.24) is 4.90 Å². The molecule has 0 aliphatic carbocycles. The van der Waals surface area contributed by atoms with Gasteiger partial charge in [0.25, 0.3) is 0 Å². The van der Waals surface area contributed by atoms with Crippen LogP contribution < -0.4 is 0 Å². The number of allylic oxidation sites excluding steroid dienone is 2. The van der Waals surface area contributed by atoms with Gasteiger partial charge in [-0.15, -0.1) is 0 Å². The van der Waals surface area contributed by atoms with E-state index in [1.807, 2.05) is 4.90 Å². The molecule has 0 aromatic carbocycles. The van der Waals surface area contributed by atoms with Gasteiger partial charge in [0.05, 0.1) is 13.2 Å². The van der Waals surface area contributed by atoms with Crippen molar-refractivity contribution < 1.29 is 19.7 Å². The number of esters is 1. The number of unbranched alkanes of at least 4 members (excludes halogenated alkanes) is 5. The Morgan fingerprint density at radius 3 is 2.26 bits per heavy atom. The predicted molar refractivity (Wildman–Crippen MR) is 93.3 cm³/mol. The van der Waals surface area contributed by atoms with Crippen molar-refractivity contribution in [3.05, 3.63) is 12.2 Å². The first-order chi connectivity index (χ1) is 11.2. The molecule has 0 saturated carbocycles.